The first-order valence-electron chi connectivity index (χ1n) is 11.3. The largest absolute Gasteiger partial charge is 0.422 e. The van der Waals surface area contributed by atoms with Crippen LogP contribution in [0.4, 0.5) is 11.8 Å². The normalized spacial score (nSPS) is 16.6. The Bertz CT molecular complexity index is 1040. The Balaban J connectivity index is 1.42. The molecule has 2 atom stereocenters. The highest BCUT2D eigenvalue weighted by Crippen LogP contribution is 2.30. The fourth-order valence-electron chi connectivity index (χ4n) is 4.22. The minimum atomic E-state index is -0.443. The summed E-state index contributed by atoms with van der Waals surface area (Å²) in [7, 11) is 0. The van der Waals surface area contributed by atoms with Crippen molar-refractivity contribution >= 4 is 40.4 Å². The number of nitrogens with one attached hydrogen (secondary N) is 3. The lowest BCUT2D eigenvalue weighted by atomic mass is 9.84. The van der Waals surface area contributed by atoms with Gasteiger partial charge in [-0.05, 0) is 38.3 Å². The van der Waals surface area contributed by atoms with Gasteiger partial charge >= 0.3 is 0 Å². The number of hydrogen-bond acceptors (Lipinski definition) is 7. The first-order chi connectivity index (χ1) is 15.5. The number of aryl methyl sites for hydroxylation is 1. The number of benzene rings is 1. The molecule has 1 aromatic carbocycles. The molecule has 3 N–H and O–H groups in total. The molecule has 8 nitrogen and oxygen atoms in total. The average Bonchev–Trinajstić information content (AvgIpc) is 3.39. The quantitative estimate of drug-likeness (QED) is 0.406. The Morgan fingerprint density at radius 3 is 2.81 bits per heavy atom. The van der Waals surface area contributed by atoms with Crippen LogP contribution in [-0.4, -0.2) is 34.7 Å². The van der Waals surface area contributed by atoms with E-state index in [1.807, 2.05) is 32.0 Å². The van der Waals surface area contributed by atoms with Crippen molar-refractivity contribution in [2.24, 2.45) is 5.92 Å². The predicted octanol–water partition coefficient (Wildman–Crippen LogP) is 5.15. The Hall–Kier alpha value is -2.74. The van der Waals surface area contributed by atoms with Crippen LogP contribution in [0.1, 0.15) is 51.2 Å². The molecule has 0 bridgehead atoms. The van der Waals surface area contributed by atoms with Gasteiger partial charge in [-0.3, -0.25) is 4.79 Å². The molecular weight excluding hydrogens is 430 g/mol. The fourth-order valence-corrected chi connectivity index (χ4v) is 4.42. The maximum Gasteiger partial charge on any atom is 0.296 e. The van der Waals surface area contributed by atoms with Crippen molar-refractivity contribution in [2.45, 2.75) is 64.5 Å². The predicted molar refractivity (Wildman–Crippen MR) is 125 cm³/mol. The van der Waals surface area contributed by atoms with Crippen molar-refractivity contribution in [1.29, 1.82) is 0 Å². The van der Waals surface area contributed by atoms with Gasteiger partial charge in [-0.25, -0.2) is 0 Å². The zero-order chi connectivity index (χ0) is 22.5. The molecule has 2 heterocycles. The van der Waals surface area contributed by atoms with Crippen LogP contribution in [0.2, 0.25) is 5.02 Å². The Morgan fingerprint density at radius 2 is 2.09 bits per heavy atom. The standard InChI is InChI=1S/C23H30ClN5O3/c1-14(13-25-20-11-15(2)32-29-20)26-22(30)19(12-16-7-4-3-5-8-16)28-23-27-18-10-6-9-17(24)21(18)31-23/h6,9-11,14,16,19H,3-5,7-8,12-13H2,1-2H3,(H,25,29)(H,26,30)(H,27,28). The molecule has 9 heteroatoms. The second kappa shape index (κ2) is 10.3. The number of anilines is 2. The van der Waals surface area contributed by atoms with Crippen LogP contribution in [0.3, 0.4) is 0 Å². The van der Waals surface area contributed by atoms with Crippen molar-refractivity contribution in [3.63, 3.8) is 0 Å². The van der Waals surface area contributed by atoms with Gasteiger partial charge in [-0.2, -0.15) is 4.98 Å². The number of carbonyl (C=O) groups excluding carboxylic acids is 1. The number of oxazole rings is 1. The highest BCUT2D eigenvalue weighted by molar-refractivity contribution is 6.34. The van der Waals surface area contributed by atoms with E-state index in [9.17, 15) is 4.79 Å². The van der Waals surface area contributed by atoms with Gasteiger partial charge in [0.25, 0.3) is 6.01 Å². The molecule has 2 unspecified atom stereocenters. The number of halogens is 1. The van der Waals surface area contributed by atoms with Crippen LogP contribution in [-0.2, 0) is 4.79 Å². The number of fused-ring (bicyclic) bond motifs is 1. The molecule has 0 saturated heterocycles. The average molecular weight is 460 g/mol. The summed E-state index contributed by atoms with van der Waals surface area (Å²) in [6, 6.07) is 7.01. The van der Waals surface area contributed by atoms with E-state index >= 15 is 0 Å². The second-order valence-electron chi connectivity index (χ2n) is 8.66. The van der Waals surface area contributed by atoms with Crippen molar-refractivity contribution in [2.75, 3.05) is 17.2 Å². The van der Waals surface area contributed by atoms with Crippen LogP contribution in [0.25, 0.3) is 11.1 Å². The Kier molecular flexibility index (Phi) is 7.19. The molecule has 1 fully saturated rings. The van der Waals surface area contributed by atoms with E-state index in [0.717, 1.165) is 25.0 Å². The first kappa shape index (κ1) is 22.5. The van der Waals surface area contributed by atoms with Crippen LogP contribution in [0.5, 0.6) is 0 Å². The minimum Gasteiger partial charge on any atom is -0.422 e. The number of nitrogens with zero attached hydrogens (tertiary/aromatic N) is 2. The minimum absolute atomic E-state index is 0.0745. The summed E-state index contributed by atoms with van der Waals surface area (Å²) in [6.45, 7) is 4.32. The number of hydrogen-bond donors (Lipinski definition) is 3. The van der Waals surface area contributed by atoms with Gasteiger partial charge in [-0.1, -0.05) is 54.9 Å². The topological polar surface area (TPSA) is 105 Å². The molecule has 0 aliphatic heterocycles. The van der Waals surface area contributed by atoms with Crippen LogP contribution < -0.4 is 16.0 Å². The number of rotatable bonds is 9. The summed E-state index contributed by atoms with van der Waals surface area (Å²) in [5.74, 6) is 1.82. The lowest BCUT2D eigenvalue weighted by Crippen LogP contribution is -2.46. The molecular formula is C23H30ClN5O3. The molecule has 2 aromatic heterocycles. The molecule has 1 saturated carbocycles. The molecule has 1 amide bonds. The Morgan fingerprint density at radius 1 is 1.28 bits per heavy atom. The highest BCUT2D eigenvalue weighted by Gasteiger charge is 2.27. The van der Waals surface area contributed by atoms with Gasteiger partial charge in [0.05, 0.1) is 5.02 Å². The number of carbonyl (C=O) groups is 1. The SMILES string of the molecule is Cc1cc(NCC(C)NC(=O)C(CC2CCCCC2)Nc2nc3cccc(Cl)c3o2)no1. The third kappa shape index (κ3) is 5.73. The summed E-state index contributed by atoms with van der Waals surface area (Å²) < 4.78 is 10.9. The van der Waals surface area contributed by atoms with Crippen LogP contribution in [0, 0.1) is 12.8 Å². The van der Waals surface area contributed by atoms with E-state index in [0.29, 0.717) is 40.4 Å². The van der Waals surface area contributed by atoms with E-state index in [1.54, 1.807) is 6.07 Å². The Labute approximate surface area is 192 Å². The van der Waals surface area contributed by atoms with Crippen molar-refractivity contribution in [1.82, 2.24) is 15.5 Å². The monoisotopic (exact) mass is 459 g/mol. The van der Waals surface area contributed by atoms with E-state index < -0.39 is 6.04 Å². The maximum absolute atomic E-state index is 13.2. The van der Waals surface area contributed by atoms with Gasteiger partial charge in [0.15, 0.2) is 11.4 Å². The summed E-state index contributed by atoms with van der Waals surface area (Å²) in [6.07, 6.45) is 6.74. The number of para-hydroxylation sites is 1. The van der Waals surface area contributed by atoms with Crippen LogP contribution >= 0.6 is 11.6 Å². The molecule has 3 aromatic rings. The number of amides is 1. The van der Waals surface area contributed by atoms with Crippen LogP contribution in [0.15, 0.2) is 33.2 Å². The third-order valence-electron chi connectivity index (χ3n) is 5.88. The lowest BCUT2D eigenvalue weighted by Gasteiger charge is -2.27. The first-order valence-corrected chi connectivity index (χ1v) is 11.6. The third-order valence-corrected chi connectivity index (χ3v) is 6.18. The second-order valence-corrected chi connectivity index (χ2v) is 9.06. The maximum atomic E-state index is 13.2. The van der Waals surface area contributed by atoms with Crippen molar-refractivity contribution < 1.29 is 13.7 Å². The highest BCUT2D eigenvalue weighted by atomic mass is 35.5. The van der Waals surface area contributed by atoms with Crippen molar-refractivity contribution in [3.05, 3.63) is 35.0 Å². The summed E-state index contributed by atoms with van der Waals surface area (Å²) in [5.41, 5.74) is 1.19. The van der Waals surface area contributed by atoms with E-state index in [-0.39, 0.29) is 11.9 Å². The molecule has 172 valence electrons. The van der Waals surface area contributed by atoms with Crippen molar-refractivity contribution in [3.8, 4) is 0 Å². The van der Waals surface area contributed by atoms with Gasteiger partial charge < -0.3 is 24.9 Å². The molecule has 32 heavy (non-hydrogen) atoms. The smallest absolute Gasteiger partial charge is 0.296 e. The molecule has 0 radical (unpaired) electrons. The van der Waals surface area contributed by atoms with E-state index in [2.05, 4.69) is 26.1 Å². The summed E-state index contributed by atoms with van der Waals surface area (Å²) in [5, 5.41) is 13.9. The lowest BCUT2D eigenvalue weighted by molar-refractivity contribution is -0.122. The summed E-state index contributed by atoms with van der Waals surface area (Å²) in [4.78, 5) is 17.7. The van der Waals surface area contributed by atoms with E-state index in [4.69, 9.17) is 20.5 Å². The zero-order valence-corrected chi connectivity index (χ0v) is 19.2. The van der Waals surface area contributed by atoms with Gasteiger partial charge in [0.1, 0.15) is 17.3 Å². The molecule has 1 aliphatic carbocycles. The molecule has 0 spiro atoms. The molecule has 1 aliphatic rings. The molecule has 4 rings (SSSR count). The summed E-state index contributed by atoms with van der Waals surface area (Å²) >= 11 is 6.22. The fraction of sp³-hybridized carbons (Fsp3) is 0.522. The van der Waals surface area contributed by atoms with Gasteiger partial charge in [-0.15, -0.1) is 0 Å². The number of aromatic nitrogens is 2. The van der Waals surface area contributed by atoms with Gasteiger partial charge in [0.2, 0.25) is 5.91 Å². The van der Waals surface area contributed by atoms with E-state index in [1.165, 1.54) is 19.3 Å². The zero-order valence-electron chi connectivity index (χ0n) is 18.5. The van der Waals surface area contributed by atoms with Gasteiger partial charge in [0, 0.05) is 18.7 Å².